The molecule has 1 heterocycles. The average molecular weight is 545 g/mol. The van der Waals surface area contributed by atoms with Gasteiger partial charge in [0.1, 0.15) is 5.92 Å². The van der Waals surface area contributed by atoms with Gasteiger partial charge in [-0.3, -0.25) is 14.3 Å². The van der Waals surface area contributed by atoms with Gasteiger partial charge in [-0.25, -0.2) is 13.1 Å². The molecule has 4 aromatic rings. The van der Waals surface area contributed by atoms with Crippen molar-refractivity contribution in [2.75, 3.05) is 13.1 Å². The lowest BCUT2D eigenvalue weighted by Crippen LogP contribution is -2.46. The molecule has 0 aliphatic rings. The average Bonchev–Trinajstić information content (AvgIpc) is 3.39. The molecule has 0 radical (unpaired) electrons. The minimum absolute atomic E-state index is 0.0246. The summed E-state index contributed by atoms with van der Waals surface area (Å²) in [4.78, 5) is 28.1. The van der Waals surface area contributed by atoms with Crippen LogP contribution < -0.4 is 4.72 Å². The molecule has 0 spiro atoms. The number of benzene rings is 3. The van der Waals surface area contributed by atoms with Gasteiger partial charge < -0.3 is 4.90 Å². The largest absolute Gasteiger partial charge is 0.343 e. The molecule has 9 heteroatoms. The summed E-state index contributed by atoms with van der Waals surface area (Å²) in [5, 5.41) is 5.96. The monoisotopic (exact) mass is 544 g/mol. The van der Waals surface area contributed by atoms with E-state index in [4.69, 9.17) is 0 Å². The van der Waals surface area contributed by atoms with Crippen molar-refractivity contribution in [3.63, 3.8) is 0 Å². The highest BCUT2D eigenvalue weighted by molar-refractivity contribution is 7.90. The summed E-state index contributed by atoms with van der Waals surface area (Å²) in [6.07, 6.45) is 7.34. The van der Waals surface area contributed by atoms with Crippen molar-refractivity contribution in [3.05, 3.63) is 102 Å². The zero-order valence-corrected chi connectivity index (χ0v) is 22.8. The Balaban J connectivity index is 1.52. The van der Waals surface area contributed by atoms with Crippen LogP contribution in [-0.4, -0.2) is 48.0 Å². The highest BCUT2D eigenvalue weighted by Gasteiger charge is 2.33. The van der Waals surface area contributed by atoms with Gasteiger partial charge in [0.05, 0.1) is 17.6 Å². The lowest BCUT2D eigenvalue weighted by Gasteiger charge is -2.24. The van der Waals surface area contributed by atoms with Crippen LogP contribution in [0.1, 0.15) is 25.0 Å². The molecular weight excluding hydrogens is 512 g/mol. The fourth-order valence-corrected chi connectivity index (χ4v) is 5.41. The zero-order valence-electron chi connectivity index (χ0n) is 22.0. The van der Waals surface area contributed by atoms with Crippen molar-refractivity contribution < 1.29 is 18.0 Å². The lowest BCUT2D eigenvalue weighted by atomic mass is 9.99. The van der Waals surface area contributed by atoms with E-state index in [1.807, 2.05) is 74.5 Å². The molecule has 2 amide bonds. The number of rotatable bonds is 11. The van der Waals surface area contributed by atoms with Gasteiger partial charge >= 0.3 is 0 Å². The molecule has 0 fully saturated rings. The van der Waals surface area contributed by atoms with Gasteiger partial charge in [0.25, 0.3) is 10.0 Å². The normalized spacial score (nSPS) is 12.5. The SMILES string of the molecule is CCN(CC)C(=O)C(Cc1cnn(C/C=C/c2ccccc2)c1)C(=O)NS(=O)(=O)c1ccc2ccccc2c1. The number of nitrogens with zero attached hydrogens (tertiary/aromatic N) is 3. The van der Waals surface area contributed by atoms with Crippen LogP contribution in [0.3, 0.4) is 0 Å². The fraction of sp³-hybridized carbons (Fsp3) is 0.233. The molecular formula is C30H32N4O4S. The molecule has 3 aromatic carbocycles. The maximum absolute atomic E-state index is 13.3. The highest BCUT2D eigenvalue weighted by atomic mass is 32.2. The number of carbonyl (C=O) groups is 2. The number of fused-ring (bicyclic) bond motifs is 1. The molecule has 8 nitrogen and oxygen atoms in total. The van der Waals surface area contributed by atoms with Crippen LogP contribution in [0.4, 0.5) is 0 Å². The Hall–Kier alpha value is -4.24. The number of nitrogens with one attached hydrogen (secondary N) is 1. The maximum Gasteiger partial charge on any atom is 0.264 e. The number of carbonyl (C=O) groups excluding carboxylic acids is 2. The van der Waals surface area contributed by atoms with Gasteiger partial charge in [-0.15, -0.1) is 0 Å². The molecule has 39 heavy (non-hydrogen) atoms. The van der Waals surface area contributed by atoms with E-state index in [2.05, 4.69) is 9.82 Å². The van der Waals surface area contributed by atoms with E-state index in [0.29, 0.717) is 25.2 Å². The third-order valence-electron chi connectivity index (χ3n) is 6.48. The van der Waals surface area contributed by atoms with E-state index in [1.165, 1.54) is 17.0 Å². The van der Waals surface area contributed by atoms with Crippen molar-refractivity contribution >= 4 is 38.7 Å². The zero-order chi connectivity index (χ0) is 27.8. The van der Waals surface area contributed by atoms with Crippen molar-refractivity contribution in [2.24, 2.45) is 5.92 Å². The summed E-state index contributed by atoms with van der Waals surface area (Å²) in [5.41, 5.74) is 1.73. The van der Waals surface area contributed by atoms with Crippen LogP contribution in [0, 0.1) is 5.92 Å². The summed E-state index contributed by atoms with van der Waals surface area (Å²) in [5.74, 6) is -2.52. The van der Waals surface area contributed by atoms with Crippen LogP contribution in [-0.2, 0) is 32.6 Å². The number of hydrogen-bond donors (Lipinski definition) is 1. The van der Waals surface area contributed by atoms with Gasteiger partial charge in [0, 0.05) is 19.3 Å². The summed E-state index contributed by atoms with van der Waals surface area (Å²) < 4.78 is 30.1. The van der Waals surface area contributed by atoms with Gasteiger partial charge in [-0.2, -0.15) is 5.10 Å². The molecule has 0 aliphatic heterocycles. The molecule has 202 valence electrons. The van der Waals surface area contributed by atoms with E-state index in [-0.39, 0.29) is 11.3 Å². The standard InChI is InChI=1S/C30H32N4O4S/c1-3-33(4-2)30(36)28(19-24-21-31-34(22-24)18-10-13-23-11-6-5-7-12-23)29(35)32-39(37,38)27-17-16-25-14-8-9-15-26(25)20-27/h5-17,20-22,28H,3-4,18-19H2,1-2H3,(H,32,35)/b13-10+. The van der Waals surface area contributed by atoms with Crippen LogP contribution in [0.25, 0.3) is 16.8 Å². The van der Waals surface area contributed by atoms with E-state index < -0.39 is 27.8 Å². The molecule has 1 unspecified atom stereocenters. The number of hydrogen-bond acceptors (Lipinski definition) is 5. The van der Waals surface area contributed by atoms with E-state index >= 15 is 0 Å². The Kier molecular flexibility index (Phi) is 8.93. The molecule has 0 saturated heterocycles. The topological polar surface area (TPSA) is 101 Å². The number of aromatic nitrogens is 2. The minimum Gasteiger partial charge on any atom is -0.343 e. The first-order valence-corrected chi connectivity index (χ1v) is 14.4. The van der Waals surface area contributed by atoms with Crippen LogP contribution in [0.15, 0.2) is 96.2 Å². The number of sulfonamides is 1. The second-order valence-corrected chi connectivity index (χ2v) is 10.8. The predicted molar refractivity (Wildman–Crippen MR) is 152 cm³/mol. The smallest absolute Gasteiger partial charge is 0.264 e. The Morgan fingerprint density at radius 1 is 0.974 bits per heavy atom. The maximum atomic E-state index is 13.3. The summed E-state index contributed by atoms with van der Waals surface area (Å²) in [7, 11) is -4.19. The predicted octanol–water partition coefficient (Wildman–Crippen LogP) is 4.28. The van der Waals surface area contributed by atoms with Crippen molar-refractivity contribution in [1.29, 1.82) is 0 Å². The molecule has 0 saturated carbocycles. The fourth-order valence-electron chi connectivity index (χ4n) is 4.35. The summed E-state index contributed by atoms with van der Waals surface area (Å²) in [6, 6.07) is 21.9. The summed E-state index contributed by atoms with van der Waals surface area (Å²) in [6.45, 7) is 4.95. The first-order chi connectivity index (χ1) is 18.8. The molecule has 1 N–H and O–H groups in total. The highest BCUT2D eigenvalue weighted by Crippen LogP contribution is 2.20. The van der Waals surface area contributed by atoms with Gasteiger partial charge in [-0.05, 0) is 54.3 Å². The molecule has 1 aromatic heterocycles. The Morgan fingerprint density at radius 2 is 1.67 bits per heavy atom. The van der Waals surface area contributed by atoms with Gasteiger partial charge in [0.2, 0.25) is 11.8 Å². The molecule has 0 bridgehead atoms. The molecule has 0 aliphatic carbocycles. The second kappa shape index (κ2) is 12.5. The lowest BCUT2D eigenvalue weighted by molar-refractivity contribution is -0.141. The first kappa shape index (κ1) is 27.8. The van der Waals surface area contributed by atoms with Gasteiger partial charge in [-0.1, -0.05) is 72.8 Å². The van der Waals surface area contributed by atoms with Crippen molar-refractivity contribution in [2.45, 2.75) is 31.7 Å². The van der Waals surface area contributed by atoms with Crippen LogP contribution in [0.2, 0.25) is 0 Å². The summed E-state index contributed by atoms with van der Waals surface area (Å²) >= 11 is 0. The quantitative estimate of drug-likeness (QED) is 0.284. The van der Waals surface area contributed by atoms with Gasteiger partial charge in [0.15, 0.2) is 0 Å². The van der Waals surface area contributed by atoms with Crippen LogP contribution >= 0.6 is 0 Å². The minimum atomic E-state index is -4.19. The first-order valence-electron chi connectivity index (χ1n) is 12.9. The number of allylic oxidation sites excluding steroid dienone is 1. The Bertz CT molecular complexity index is 1570. The van der Waals surface area contributed by atoms with E-state index in [1.54, 1.807) is 29.2 Å². The van der Waals surface area contributed by atoms with Crippen LogP contribution in [0.5, 0.6) is 0 Å². The molecule has 1 atom stereocenters. The van der Waals surface area contributed by atoms with E-state index in [9.17, 15) is 18.0 Å². The second-order valence-electron chi connectivity index (χ2n) is 9.13. The third-order valence-corrected chi connectivity index (χ3v) is 7.83. The Morgan fingerprint density at radius 3 is 2.38 bits per heavy atom. The van der Waals surface area contributed by atoms with E-state index in [0.717, 1.165) is 16.3 Å². The molecule has 4 rings (SSSR count). The van der Waals surface area contributed by atoms with Crippen molar-refractivity contribution in [1.82, 2.24) is 19.4 Å². The number of amides is 2. The Labute approximate surface area is 229 Å². The third kappa shape index (κ3) is 7.00. The van der Waals surface area contributed by atoms with Crippen molar-refractivity contribution in [3.8, 4) is 0 Å².